The molecular weight excluding hydrogens is 392 g/mol. The van der Waals surface area contributed by atoms with Gasteiger partial charge in [0, 0.05) is 0 Å². The summed E-state index contributed by atoms with van der Waals surface area (Å²) < 4.78 is 0. The molecule has 0 radical (unpaired) electrons. The number of allylic oxidation sites excluding steroid dienone is 2. The maximum Gasteiger partial charge on any atom is 0.0852 e. The van der Waals surface area contributed by atoms with E-state index in [0.29, 0.717) is 28.1 Å². The van der Waals surface area contributed by atoms with E-state index in [1.54, 1.807) is 0 Å². The molecule has 0 aromatic rings. The van der Waals surface area contributed by atoms with Gasteiger partial charge in [-0.1, -0.05) is 66.5 Å². The van der Waals surface area contributed by atoms with Gasteiger partial charge in [-0.05, 0) is 109 Å². The SMILES string of the molecule is CC1(C)CC[C@]2(C)CC[C@]3(C)C(=C2C1)CC[C@H]1[C@@]2(C)C[C@H](O)[C@H](O)C(C)(C)[C@H]2CC[C@]13C. The molecule has 2 heteroatoms. The van der Waals surface area contributed by atoms with Crippen LogP contribution >= 0.6 is 0 Å². The van der Waals surface area contributed by atoms with Gasteiger partial charge in [0.2, 0.25) is 0 Å². The highest BCUT2D eigenvalue weighted by molar-refractivity contribution is 5.38. The lowest BCUT2D eigenvalue weighted by molar-refractivity contribution is -0.233. The van der Waals surface area contributed by atoms with Crippen LogP contribution in [0.15, 0.2) is 11.1 Å². The molecule has 0 unspecified atom stereocenters. The monoisotopic (exact) mass is 442 g/mol. The molecule has 0 aliphatic heterocycles. The molecule has 5 rings (SSSR count). The lowest BCUT2D eigenvalue weighted by Gasteiger charge is -2.71. The van der Waals surface area contributed by atoms with E-state index in [9.17, 15) is 10.2 Å². The molecule has 0 amide bonds. The third-order valence-corrected chi connectivity index (χ3v) is 12.9. The summed E-state index contributed by atoms with van der Waals surface area (Å²) in [7, 11) is 0. The van der Waals surface area contributed by atoms with Gasteiger partial charge < -0.3 is 10.2 Å². The van der Waals surface area contributed by atoms with Crippen molar-refractivity contribution in [2.75, 3.05) is 0 Å². The Morgan fingerprint density at radius 1 is 0.719 bits per heavy atom. The summed E-state index contributed by atoms with van der Waals surface area (Å²) in [5, 5.41) is 21.9. The predicted molar refractivity (Wildman–Crippen MR) is 132 cm³/mol. The van der Waals surface area contributed by atoms with Crippen molar-refractivity contribution < 1.29 is 10.2 Å². The minimum absolute atomic E-state index is 0.112. The number of hydrogen-bond acceptors (Lipinski definition) is 2. The van der Waals surface area contributed by atoms with Gasteiger partial charge in [-0.2, -0.15) is 0 Å². The van der Waals surface area contributed by atoms with Gasteiger partial charge in [0.05, 0.1) is 12.2 Å². The number of aliphatic hydroxyl groups excluding tert-OH is 2. The number of aliphatic hydroxyl groups is 2. The van der Waals surface area contributed by atoms with E-state index in [1.807, 2.05) is 11.1 Å². The Kier molecular flexibility index (Phi) is 4.87. The van der Waals surface area contributed by atoms with Crippen molar-refractivity contribution >= 4 is 0 Å². The first-order valence-electron chi connectivity index (χ1n) is 13.7. The summed E-state index contributed by atoms with van der Waals surface area (Å²) in [6, 6.07) is 0. The van der Waals surface area contributed by atoms with Gasteiger partial charge in [0.25, 0.3) is 0 Å². The zero-order valence-electron chi connectivity index (χ0n) is 22.3. The van der Waals surface area contributed by atoms with Crippen LogP contribution < -0.4 is 0 Å². The minimum Gasteiger partial charge on any atom is -0.390 e. The highest BCUT2D eigenvalue weighted by Crippen LogP contribution is 2.75. The molecule has 32 heavy (non-hydrogen) atoms. The molecule has 0 heterocycles. The van der Waals surface area contributed by atoms with Gasteiger partial charge in [-0.3, -0.25) is 0 Å². The largest absolute Gasteiger partial charge is 0.390 e. The number of fused-ring (bicyclic) bond motifs is 6. The third kappa shape index (κ3) is 2.78. The van der Waals surface area contributed by atoms with Crippen molar-refractivity contribution in [1.29, 1.82) is 0 Å². The first-order chi connectivity index (χ1) is 14.6. The van der Waals surface area contributed by atoms with Gasteiger partial charge in [-0.25, -0.2) is 0 Å². The Morgan fingerprint density at radius 2 is 1.38 bits per heavy atom. The van der Waals surface area contributed by atoms with E-state index in [4.69, 9.17) is 0 Å². The second-order valence-electron chi connectivity index (χ2n) is 15.3. The molecule has 0 aromatic carbocycles. The molecule has 2 N–H and O–H groups in total. The molecule has 0 aromatic heterocycles. The molecule has 5 aliphatic carbocycles. The van der Waals surface area contributed by atoms with Crippen LogP contribution in [0.5, 0.6) is 0 Å². The Balaban J connectivity index is 1.60. The maximum atomic E-state index is 11.0. The first-order valence-corrected chi connectivity index (χ1v) is 13.7. The van der Waals surface area contributed by atoms with Crippen LogP contribution in [0.2, 0.25) is 0 Å². The van der Waals surface area contributed by atoms with Crippen LogP contribution in [0.25, 0.3) is 0 Å². The summed E-state index contributed by atoms with van der Waals surface area (Å²) in [5.74, 6) is 1.12. The Hall–Kier alpha value is -0.340. The zero-order valence-corrected chi connectivity index (χ0v) is 22.3. The molecule has 182 valence electrons. The molecule has 5 aliphatic rings. The van der Waals surface area contributed by atoms with Crippen LogP contribution in [-0.4, -0.2) is 22.4 Å². The molecular formula is C30H50O2. The molecule has 4 fully saturated rings. The number of hydrogen-bond donors (Lipinski definition) is 2. The summed E-state index contributed by atoms with van der Waals surface area (Å²) >= 11 is 0. The fraction of sp³-hybridized carbons (Fsp3) is 0.933. The fourth-order valence-electron chi connectivity index (χ4n) is 10.6. The van der Waals surface area contributed by atoms with Crippen LogP contribution in [0, 0.1) is 44.3 Å². The zero-order chi connectivity index (χ0) is 23.5. The highest BCUT2D eigenvalue weighted by atomic mass is 16.3. The minimum atomic E-state index is -0.596. The van der Waals surface area contributed by atoms with Crippen LogP contribution in [0.1, 0.15) is 120 Å². The van der Waals surface area contributed by atoms with Crippen molar-refractivity contribution in [3.05, 3.63) is 11.1 Å². The second kappa shape index (κ2) is 6.66. The van der Waals surface area contributed by atoms with E-state index in [1.165, 1.54) is 57.8 Å². The van der Waals surface area contributed by atoms with Crippen molar-refractivity contribution in [2.24, 2.45) is 44.3 Å². The fourth-order valence-corrected chi connectivity index (χ4v) is 10.6. The van der Waals surface area contributed by atoms with Gasteiger partial charge in [0.15, 0.2) is 0 Å². The smallest absolute Gasteiger partial charge is 0.0852 e. The summed E-state index contributed by atoms with van der Waals surface area (Å²) in [6.07, 6.45) is 11.3. The van der Waals surface area contributed by atoms with Crippen molar-refractivity contribution in [3.63, 3.8) is 0 Å². The van der Waals surface area contributed by atoms with Crippen molar-refractivity contribution in [1.82, 2.24) is 0 Å². The molecule has 2 nitrogen and oxygen atoms in total. The lowest BCUT2D eigenvalue weighted by atomic mass is 9.34. The van der Waals surface area contributed by atoms with Crippen LogP contribution in [0.3, 0.4) is 0 Å². The predicted octanol–water partition coefficient (Wildman–Crippen LogP) is 7.28. The maximum absolute atomic E-state index is 11.0. The molecule has 0 saturated heterocycles. The van der Waals surface area contributed by atoms with E-state index in [-0.39, 0.29) is 16.2 Å². The Morgan fingerprint density at radius 3 is 2.06 bits per heavy atom. The van der Waals surface area contributed by atoms with E-state index in [0.717, 1.165) is 6.42 Å². The first kappa shape index (κ1) is 23.4. The topological polar surface area (TPSA) is 40.5 Å². The van der Waals surface area contributed by atoms with Crippen molar-refractivity contribution in [3.8, 4) is 0 Å². The normalized spacial score (nSPS) is 54.2. The third-order valence-electron chi connectivity index (χ3n) is 12.9. The summed E-state index contributed by atoms with van der Waals surface area (Å²) in [5.41, 5.74) is 5.06. The average Bonchev–Trinajstić information content (AvgIpc) is 2.68. The molecule has 0 bridgehead atoms. The summed E-state index contributed by atoms with van der Waals surface area (Å²) in [4.78, 5) is 0. The van der Waals surface area contributed by atoms with Crippen LogP contribution in [-0.2, 0) is 0 Å². The summed E-state index contributed by atoms with van der Waals surface area (Å²) in [6.45, 7) is 19.8. The molecule has 4 saturated carbocycles. The highest BCUT2D eigenvalue weighted by Gasteiger charge is 2.68. The molecule has 0 spiro atoms. The average molecular weight is 443 g/mol. The standard InChI is InChI=1S/C30H50O2/c1-25(2)13-14-27(5)15-16-29(7)19(20(27)17-25)9-10-23-28(6)18-21(31)24(32)26(3,4)22(28)11-12-30(23,29)8/h21-24,31-32H,9-18H2,1-8H3/t21-,22+,23-,24-,27+,28-,29+,30+/m0/s1. The Labute approximate surface area is 197 Å². The van der Waals surface area contributed by atoms with Gasteiger partial charge in [-0.15, -0.1) is 0 Å². The number of rotatable bonds is 0. The Bertz CT molecular complexity index is 838. The second-order valence-corrected chi connectivity index (χ2v) is 15.3. The van der Waals surface area contributed by atoms with Crippen molar-refractivity contribution in [2.45, 2.75) is 132 Å². The van der Waals surface area contributed by atoms with Gasteiger partial charge >= 0.3 is 0 Å². The molecule has 8 atom stereocenters. The van der Waals surface area contributed by atoms with E-state index >= 15 is 0 Å². The van der Waals surface area contributed by atoms with E-state index < -0.39 is 12.2 Å². The quantitative estimate of drug-likeness (QED) is 0.387. The van der Waals surface area contributed by atoms with E-state index in [2.05, 4.69) is 55.4 Å². The lowest BCUT2D eigenvalue weighted by Crippen LogP contribution is -2.66. The van der Waals surface area contributed by atoms with Crippen LogP contribution in [0.4, 0.5) is 0 Å². The van der Waals surface area contributed by atoms with Gasteiger partial charge in [0.1, 0.15) is 0 Å².